The van der Waals surface area contributed by atoms with E-state index in [1.54, 1.807) is 0 Å². The van der Waals surface area contributed by atoms with Crippen molar-refractivity contribution in [3.05, 3.63) is 21.2 Å². The lowest BCUT2D eigenvalue weighted by molar-refractivity contribution is 0.414. The third kappa shape index (κ3) is 4.44. The Kier molecular flexibility index (Phi) is 7.19. The fourth-order valence-electron chi connectivity index (χ4n) is 2.73. The molecule has 1 atom stereocenters. The number of nitrogens with zero attached hydrogens (tertiary/aromatic N) is 2. The van der Waals surface area contributed by atoms with Gasteiger partial charge in [0.05, 0.1) is 33.3 Å². The van der Waals surface area contributed by atoms with E-state index in [4.69, 9.17) is 11.5 Å². The van der Waals surface area contributed by atoms with Gasteiger partial charge >= 0.3 is 0 Å². The molecule has 0 radical (unpaired) electrons. The van der Waals surface area contributed by atoms with E-state index >= 15 is 0 Å². The van der Waals surface area contributed by atoms with E-state index in [1.807, 2.05) is 0 Å². The molecule has 0 aromatic carbocycles. The molecule has 0 aliphatic carbocycles. The summed E-state index contributed by atoms with van der Waals surface area (Å²) in [4.78, 5) is 0. The lowest BCUT2D eigenvalue weighted by Gasteiger charge is -2.28. The van der Waals surface area contributed by atoms with Crippen molar-refractivity contribution in [3.63, 3.8) is 0 Å². The molecule has 0 fully saturated rings. The van der Waals surface area contributed by atoms with Gasteiger partial charge in [-0.25, -0.2) is 0 Å². The summed E-state index contributed by atoms with van der Waals surface area (Å²) < 4.78 is 0. The van der Waals surface area contributed by atoms with Gasteiger partial charge in [0, 0.05) is 5.92 Å². The van der Waals surface area contributed by atoms with E-state index in [1.165, 1.54) is 25.7 Å². The highest BCUT2D eigenvalue weighted by Gasteiger charge is 2.33. The second kappa shape index (κ2) is 8.64. The Bertz CT molecular complexity index is 471. The summed E-state index contributed by atoms with van der Waals surface area (Å²) in [6.45, 7) is 4.28. The predicted molar refractivity (Wildman–Crippen MR) is 87.3 cm³/mol. The smallest absolute Gasteiger partial charge is 0.0981 e. The summed E-state index contributed by atoms with van der Waals surface area (Å²) >= 11 is 1.13. The Morgan fingerprint density at radius 1 is 1.05 bits per heavy atom. The maximum atomic E-state index is 9.35. The molecule has 0 bridgehead atoms. The molecule has 0 saturated heterocycles. The van der Waals surface area contributed by atoms with Crippen molar-refractivity contribution < 1.29 is 0 Å². The van der Waals surface area contributed by atoms with Crippen molar-refractivity contribution in [2.75, 3.05) is 0 Å². The highest BCUT2D eigenvalue weighted by Crippen LogP contribution is 2.41. The van der Waals surface area contributed by atoms with Crippen LogP contribution in [0.1, 0.15) is 52.4 Å². The number of nitriles is 2. The van der Waals surface area contributed by atoms with Gasteiger partial charge in [-0.2, -0.15) is 10.5 Å². The summed E-state index contributed by atoms with van der Waals surface area (Å²) in [6, 6.07) is 4.35. The highest BCUT2D eigenvalue weighted by molar-refractivity contribution is 8.06. The molecule has 0 saturated carbocycles. The Morgan fingerprint density at radius 2 is 1.57 bits per heavy atom. The SMILES string of the molecule is CCCCCCC[C@@H](C)C1C(C#N)=C(N)SC(N)=C1C#N. The third-order valence-electron chi connectivity index (χ3n) is 3.95. The lowest BCUT2D eigenvalue weighted by atomic mass is 9.79. The van der Waals surface area contributed by atoms with Crippen LogP contribution >= 0.6 is 11.8 Å². The quantitative estimate of drug-likeness (QED) is 0.698. The van der Waals surface area contributed by atoms with Gasteiger partial charge in [0.25, 0.3) is 0 Å². The molecular weight excluding hydrogens is 280 g/mol. The van der Waals surface area contributed by atoms with Crippen LogP contribution in [0.4, 0.5) is 0 Å². The molecule has 114 valence electrons. The van der Waals surface area contributed by atoms with Crippen LogP contribution in [-0.4, -0.2) is 0 Å². The van der Waals surface area contributed by atoms with Crippen LogP contribution < -0.4 is 11.5 Å². The van der Waals surface area contributed by atoms with Gasteiger partial charge < -0.3 is 11.5 Å². The molecule has 0 aromatic rings. The monoisotopic (exact) mass is 304 g/mol. The van der Waals surface area contributed by atoms with E-state index in [0.29, 0.717) is 21.2 Å². The minimum atomic E-state index is -0.243. The normalized spacial score (nSPS) is 17.5. The summed E-state index contributed by atoms with van der Waals surface area (Å²) in [7, 11) is 0. The topological polar surface area (TPSA) is 99.6 Å². The van der Waals surface area contributed by atoms with Gasteiger partial charge in [0.1, 0.15) is 0 Å². The van der Waals surface area contributed by atoms with E-state index in [-0.39, 0.29) is 11.8 Å². The summed E-state index contributed by atoms with van der Waals surface area (Å²) in [5.41, 5.74) is 12.8. The average molecular weight is 304 g/mol. The van der Waals surface area contributed by atoms with Gasteiger partial charge in [0.2, 0.25) is 0 Å². The third-order valence-corrected chi connectivity index (χ3v) is 4.83. The van der Waals surface area contributed by atoms with E-state index in [9.17, 15) is 10.5 Å². The number of allylic oxidation sites excluding steroid dienone is 2. The maximum absolute atomic E-state index is 9.35. The molecule has 0 amide bonds. The van der Waals surface area contributed by atoms with Crippen molar-refractivity contribution in [1.82, 2.24) is 0 Å². The Morgan fingerprint density at radius 3 is 2.05 bits per heavy atom. The first-order valence-corrected chi connectivity index (χ1v) is 8.35. The van der Waals surface area contributed by atoms with Crippen LogP contribution in [0.2, 0.25) is 0 Å². The standard InChI is InChI=1S/C16H24N4S/c1-3-4-5-6-7-8-11(2)14-12(9-17)15(19)21-16(20)13(14)10-18/h11,14H,3-8,19-20H2,1-2H3/t11-/m1/s1. The Hall–Kier alpha value is -1.59. The molecule has 4 nitrogen and oxygen atoms in total. The number of unbranched alkanes of at least 4 members (excludes halogenated alkanes) is 4. The van der Waals surface area contributed by atoms with Crippen molar-refractivity contribution in [1.29, 1.82) is 10.5 Å². The van der Waals surface area contributed by atoms with Gasteiger partial charge in [-0.1, -0.05) is 57.7 Å². The predicted octanol–water partition coefficient (Wildman–Crippen LogP) is 3.73. The molecule has 1 rings (SSSR count). The molecule has 1 aliphatic heterocycles. The molecule has 1 heterocycles. The van der Waals surface area contributed by atoms with Gasteiger partial charge in [-0.15, -0.1) is 0 Å². The summed E-state index contributed by atoms with van der Waals surface area (Å²) in [5, 5.41) is 19.6. The number of hydrogen-bond acceptors (Lipinski definition) is 5. The largest absolute Gasteiger partial charge is 0.392 e. The minimum absolute atomic E-state index is 0.203. The lowest BCUT2D eigenvalue weighted by Crippen LogP contribution is -2.24. The van der Waals surface area contributed by atoms with Crippen molar-refractivity contribution >= 4 is 11.8 Å². The minimum Gasteiger partial charge on any atom is -0.392 e. The first-order valence-electron chi connectivity index (χ1n) is 7.54. The second-order valence-corrected chi connectivity index (χ2v) is 6.62. The van der Waals surface area contributed by atoms with Gasteiger partial charge in [0.15, 0.2) is 0 Å². The second-order valence-electron chi connectivity index (χ2n) is 5.54. The highest BCUT2D eigenvalue weighted by atomic mass is 32.2. The Balaban J connectivity index is 2.78. The van der Waals surface area contributed by atoms with Gasteiger partial charge in [-0.3, -0.25) is 0 Å². The van der Waals surface area contributed by atoms with Crippen LogP contribution in [0.3, 0.4) is 0 Å². The van der Waals surface area contributed by atoms with E-state index in [0.717, 1.165) is 24.6 Å². The number of rotatable bonds is 7. The molecule has 21 heavy (non-hydrogen) atoms. The van der Waals surface area contributed by atoms with Crippen molar-refractivity contribution in [2.45, 2.75) is 52.4 Å². The van der Waals surface area contributed by atoms with Gasteiger partial charge in [-0.05, 0) is 12.3 Å². The van der Waals surface area contributed by atoms with Crippen molar-refractivity contribution in [3.8, 4) is 12.1 Å². The van der Waals surface area contributed by atoms with E-state index < -0.39 is 0 Å². The van der Waals surface area contributed by atoms with Crippen LogP contribution in [-0.2, 0) is 0 Å². The zero-order chi connectivity index (χ0) is 15.8. The molecule has 0 unspecified atom stereocenters. The zero-order valence-electron chi connectivity index (χ0n) is 12.9. The summed E-state index contributed by atoms with van der Waals surface area (Å²) in [5.74, 6) is -0.0404. The Labute approximate surface area is 131 Å². The van der Waals surface area contributed by atoms with Crippen LogP contribution in [0.15, 0.2) is 21.2 Å². The first-order chi connectivity index (χ1) is 10.1. The molecular formula is C16H24N4S. The molecule has 0 aromatic heterocycles. The van der Waals surface area contributed by atoms with Crippen LogP contribution in [0, 0.1) is 34.5 Å². The molecule has 5 heteroatoms. The fourth-order valence-corrected chi connectivity index (χ4v) is 3.54. The molecule has 4 N–H and O–H groups in total. The average Bonchev–Trinajstić information content (AvgIpc) is 2.46. The summed E-state index contributed by atoms with van der Waals surface area (Å²) in [6.07, 6.45) is 7.03. The number of nitrogens with two attached hydrogens (primary N) is 2. The van der Waals surface area contributed by atoms with E-state index in [2.05, 4.69) is 26.0 Å². The van der Waals surface area contributed by atoms with Crippen LogP contribution in [0.25, 0.3) is 0 Å². The fraction of sp³-hybridized carbons (Fsp3) is 0.625. The molecule has 1 aliphatic rings. The van der Waals surface area contributed by atoms with Crippen LogP contribution in [0.5, 0.6) is 0 Å². The maximum Gasteiger partial charge on any atom is 0.0981 e. The number of hydrogen-bond donors (Lipinski definition) is 2. The zero-order valence-corrected chi connectivity index (χ0v) is 13.7. The molecule has 0 spiro atoms. The number of thioether (sulfide) groups is 1. The first kappa shape index (κ1) is 17.5. The van der Waals surface area contributed by atoms with Crippen molar-refractivity contribution in [2.24, 2.45) is 23.3 Å².